The van der Waals surface area contributed by atoms with Gasteiger partial charge in [-0.1, -0.05) is 47.7 Å². The lowest BCUT2D eigenvalue weighted by Crippen LogP contribution is -2.35. The number of fused-ring (bicyclic) bond motifs is 1. The molecule has 0 saturated carbocycles. The Labute approximate surface area is 167 Å². The van der Waals surface area contributed by atoms with Gasteiger partial charge in [0.15, 0.2) is 5.13 Å². The first-order chi connectivity index (χ1) is 13.5. The highest BCUT2D eigenvalue weighted by atomic mass is 32.2. The van der Waals surface area contributed by atoms with Crippen LogP contribution in [0, 0.1) is 0 Å². The number of urea groups is 1. The Hall–Kier alpha value is -2.75. The van der Waals surface area contributed by atoms with Gasteiger partial charge >= 0.3 is 6.03 Å². The minimum absolute atomic E-state index is 0.256. The second kappa shape index (κ2) is 7.70. The number of hydrogen-bond donors (Lipinski definition) is 2. The highest BCUT2D eigenvalue weighted by Crippen LogP contribution is 2.31. The molecule has 2 amide bonds. The Morgan fingerprint density at radius 1 is 1.00 bits per heavy atom. The Bertz CT molecular complexity index is 1080. The molecule has 0 bridgehead atoms. The van der Waals surface area contributed by atoms with Crippen molar-refractivity contribution in [3.05, 3.63) is 71.2 Å². The quantitative estimate of drug-likeness (QED) is 0.683. The molecule has 144 valence electrons. The van der Waals surface area contributed by atoms with E-state index in [1.54, 1.807) is 42.5 Å². The number of thiazole rings is 1. The van der Waals surface area contributed by atoms with Crippen LogP contribution in [0.15, 0.2) is 65.6 Å². The number of carbonyl (C=O) groups excluding carboxylic acids is 1. The minimum Gasteiger partial charge on any atom is -0.308 e. The molecule has 2 N–H and O–H groups in total. The van der Waals surface area contributed by atoms with Gasteiger partial charge in [-0.05, 0) is 24.3 Å². The SMILES string of the molecule is O=C(Nc1ccccc1)Nc1nc2c(s1)CN(S(=O)(=O)c1ccccc1)CC2. The van der Waals surface area contributed by atoms with Gasteiger partial charge in [-0.25, -0.2) is 18.2 Å². The lowest BCUT2D eigenvalue weighted by molar-refractivity contribution is 0.262. The van der Waals surface area contributed by atoms with Crippen LogP contribution in [-0.4, -0.2) is 30.3 Å². The summed E-state index contributed by atoms with van der Waals surface area (Å²) in [6.07, 6.45) is 0.514. The van der Waals surface area contributed by atoms with Crippen LogP contribution in [0.1, 0.15) is 10.6 Å². The molecule has 1 aliphatic heterocycles. The predicted octanol–water partition coefficient (Wildman–Crippen LogP) is 3.53. The van der Waals surface area contributed by atoms with Crippen molar-refractivity contribution in [2.45, 2.75) is 17.9 Å². The van der Waals surface area contributed by atoms with Crippen LogP contribution in [0.25, 0.3) is 0 Å². The summed E-state index contributed by atoms with van der Waals surface area (Å²) < 4.78 is 27.1. The van der Waals surface area contributed by atoms with Crippen molar-refractivity contribution in [3.8, 4) is 0 Å². The van der Waals surface area contributed by atoms with Crippen molar-refractivity contribution in [2.75, 3.05) is 17.2 Å². The third kappa shape index (κ3) is 3.91. The number of benzene rings is 2. The van der Waals surface area contributed by atoms with Crippen LogP contribution in [0.4, 0.5) is 15.6 Å². The number of rotatable bonds is 4. The third-order valence-electron chi connectivity index (χ3n) is 4.33. The van der Waals surface area contributed by atoms with Gasteiger partial charge in [0.1, 0.15) is 0 Å². The zero-order valence-electron chi connectivity index (χ0n) is 14.8. The summed E-state index contributed by atoms with van der Waals surface area (Å²) in [5.41, 5.74) is 1.51. The number of nitrogens with zero attached hydrogens (tertiary/aromatic N) is 2. The van der Waals surface area contributed by atoms with E-state index < -0.39 is 10.0 Å². The molecule has 0 fully saturated rings. The number of carbonyl (C=O) groups is 1. The molecule has 7 nitrogen and oxygen atoms in total. The molecular formula is C19H18N4O3S2. The highest BCUT2D eigenvalue weighted by molar-refractivity contribution is 7.89. The fourth-order valence-corrected chi connectivity index (χ4v) is 5.48. The van der Waals surface area contributed by atoms with Crippen LogP contribution < -0.4 is 10.6 Å². The highest BCUT2D eigenvalue weighted by Gasteiger charge is 2.30. The maximum Gasteiger partial charge on any atom is 0.325 e. The molecule has 0 aliphatic carbocycles. The molecular weight excluding hydrogens is 396 g/mol. The maximum atomic E-state index is 12.8. The standard InChI is InChI=1S/C19H18N4O3S2/c24-18(20-14-7-3-1-4-8-14)22-19-21-16-11-12-23(13-17(16)27-19)28(25,26)15-9-5-2-6-10-15/h1-10H,11-13H2,(H2,20,21,22,24). The van der Waals surface area contributed by atoms with Crippen LogP contribution >= 0.6 is 11.3 Å². The van der Waals surface area contributed by atoms with Gasteiger partial charge in [0.2, 0.25) is 10.0 Å². The van der Waals surface area contributed by atoms with Crippen molar-refractivity contribution in [3.63, 3.8) is 0 Å². The first-order valence-electron chi connectivity index (χ1n) is 8.69. The van der Waals surface area contributed by atoms with Crippen LogP contribution in [0.3, 0.4) is 0 Å². The number of aromatic nitrogens is 1. The maximum absolute atomic E-state index is 12.8. The molecule has 0 saturated heterocycles. The molecule has 2 aromatic carbocycles. The van der Waals surface area contributed by atoms with Gasteiger partial charge in [0.25, 0.3) is 0 Å². The average molecular weight is 415 g/mol. The third-order valence-corrected chi connectivity index (χ3v) is 7.19. The summed E-state index contributed by atoms with van der Waals surface area (Å²) >= 11 is 1.30. The monoisotopic (exact) mass is 414 g/mol. The van der Waals surface area contributed by atoms with Crippen molar-refractivity contribution < 1.29 is 13.2 Å². The van der Waals surface area contributed by atoms with E-state index in [4.69, 9.17) is 0 Å². The Morgan fingerprint density at radius 2 is 1.68 bits per heavy atom. The number of para-hydroxylation sites is 1. The molecule has 28 heavy (non-hydrogen) atoms. The van der Waals surface area contributed by atoms with E-state index in [-0.39, 0.29) is 17.5 Å². The van der Waals surface area contributed by atoms with Crippen molar-refractivity contribution in [1.82, 2.24) is 9.29 Å². The summed E-state index contributed by atoms with van der Waals surface area (Å²) in [6, 6.07) is 17.1. The van der Waals surface area contributed by atoms with Crippen LogP contribution in [0.2, 0.25) is 0 Å². The van der Waals surface area contributed by atoms with Gasteiger partial charge in [0, 0.05) is 23.5 Å². The Morgan fingerprint density at radius 3 is 2.39 bits per heavy atom. The molecule has 0 radical (unpaired) electrons. The molecule has 0 spiro atoms. The molecule has 0 unspecified atom stereocenters. The van der Waals surface area contributed by atoms with E-state index >= 15 is 0 Å². The van der Waals surface area contributed by atoms with Crippen molar-refractivity contribution in [2.24, 2.45) is 0 Å². The van der Waals surface area contributed by atoms with Gasteiger partial charge in [-0.3, -0.25) is 5.32 Å². The summed E-state index contributed by atoms with van der Waals surface area (Å²) in [7, 11) is -3.55. The molecule has 9 heteroatoms. The predicted molar refractivity (Wildman–Crippen MR) is 109 cm³/mol. The van der Waals surface area contributed by atoms with Gasteiger partial charge in [-0.2, -0.15) is 4.31 Å². The smallest absolute Gasteiger partial charge is 0.308 e. The molecule has 2 heterocycles. The van der Waals surface area contributed by atoms with Gasteiger partial charge < -0.3 is 5.32 Å². The van der Waals surface area contributed by atoms with E-state index in [1.165, 1.54) is 15.6 Å². The van der Waals surface area contributed by atoms with E-state index in [9.17, 15) is 13.2 Å². The van der Waals surface area contributed by atoms with E-state index in [1.807, 2.05) is 18.2 Å². The summed E-state index contributed by atoms with van der Waals surface area (Å²) in [6.45, 7) is 0.621. The van der Waals surface area contributed by atoms with Crippen LogP contribution in [0.5, 0.6) is 0 Å². The number of hydrogen-bond acceptors (Lipinski definition) is 5. The first kappa shape index (κ1) is 18.6. The van der Waals surface area contributed by atoms with Crippen molar-refractivity contribution in [1.29, 1.82) is 0 Å². The normalized spacial score (nSPS) is 14.3. The minimum atomic E-state index is -3.55. The molecule has 3 aromatic rings. The van der Waals surface area contributed by atoms with Crippen LogP contribution in [-0.2, 0) is 23.0 Å². The van der Waals surface area contributed by atoms with E-state index in [0.29, 0.717) is 23.8 Å². The van der Waals surface area contributed by atoms with E-state index in [0.717, 1.165) is 10.6 Å². The van der Waals surface area contributed by atoms with E-state index in [2.05, 4.69) is 15.6 Å². The Balaban J connectivity index is 1.46. The largest absolute Gasteiger partial charge is 0.325 e. The second-order valence-electron chi connectivity index (χ2n) is 6.24. The topological polar surface area (TPSA) is 91.4 Å². The second-order valence-corrected chi connectivity index (χ2v) is 9.26. The zero-order valence-corrected chi connectivity index (χ0v) is 16.5. The molecule has 0 atom stereocenters. The first-order valence-corrected chi connectivity index (χ1v) is 10.9. The summed E-state index contributed by atoms with van der Waals surface area (Å²) in [5, 5.41) is 5.91. The summed E-state index contributed by atoms with van der Waals surface area (Å²) in [5.74, 6) is 0. The van der Waals surface area contributed by atoms with Gasteiger partial charge in [-0.15, -0.1) is 0 Å². The molecule has 1 aliphatic rings. The number of nitrogens with one attached hydrogen (secondary N) is 2. The fourth-order valence-electron chi connectivity index (χ4n) is 2.95. The zero-order chi connectivity index (χ0) is 19.6. The van der Waals surface area contributed by atoms with Crippen molar-refractivity contribution >= 4 is 38.2 Å². The number of amides is 2. The fraction of sp³-hybridized carbons (Fsp3) is 0.158. The number of anilines is 2. The average Bonchev–Trinajstić information content (AvgIpc) is 3.10. The summed E-state index contributed by atoms with van der Waals surface area (Å²) in [4.78, 5) is 17.7. The lowest BCUT2D eigenvalue weighted by atomic mass is 10.2. The number of sulfonamides is 1. The lowest BCUT2D eigenvalue weighted by Gasteiger charge is -2.25. The molecule has 4 rings (SSSR count). The van der Waals surface area contributed by atoms with Gasteiger partial charge in [0.05, 0.1) is 17.1 Å². The molecule has 1 aromatic heterocycles. The Kier molecular flexibility index (Phi) is 5.12.